The highest BCUT2D eigenvalue weighted by Crippen LogP contribution is 2.41. The zero-order valence-corrected chi connectivity index (χ0v) is 17.2. The normalized spacial score (nSPS) is 22.0. The molecule has 1 saturated heterocycles. The number of piperidine rings is 1. The predicted molar refractivity (Wildman–Crippen MR) is 112 cm³/mol. The molecule has 1 amide bonds. The molecule has 2 unspecified atom stereocenters. The van der Waals surface area contributed by atoms with E-state index in [0.717, 1.165) is 25.9 Å². The number of carbonyl (C=O) groups is 1. The van der Waals surface area contributed by atoms with Crippen LogP contribution in [0.4, 0.5) is 11.8 Å². The number of carbonyl (C=O) groups excluding carboxylic acids is 1. The van der Waals surface area contributed by atoms with Gasteiger partial charge >= 0.3 is 0 Å². The van der Waals surface area contributed by atoms with Gasteiger partial charge in [0.2, 0.25) is 11.9 Å². The Morgan fingerprint density at radius 1 is 1.24 bits per heavy atom. The molecule has 0 aliphatic carbocycles. The molecule has 7 nitrogen and oxygen atoms in total. The number of aromatic nitrogens is 2. The molecule has 0 saturated carbocycles. The Kier molecular flexibility index (Phi) is 5.24. The summed E-state index contributed by atoms with van der Waals surface area (Å²) in [6.45, 7) is 3.76. The number of nitrogens with one attached hydrogen (secondary N) is 2. The standard InChI is InChI=1S/C20H19Cl2N5O2/c1-10-4-6-27(7-5-10)20-25-17-16(19(29)26-20)15(13(9-23)18(28)24-17)12-3-2-11(21)8-14(12)22/h2-3,8,10,13,15H,4-7H2,1H3,(H2,24,25,26,28,29). The van der Waals surface area contributed by atoms with Crippen molar-refractivity contribution in [3.8, 4) is 6.07 Å². The van der Waals surface area contributed by atoms with Crippen molar-refractivity contribution in [2.24, 2.45) is 11.8 Å². The third-order valence-electron chi connectivity index (χ3n) is 5.63. The number of hydrogen-bond donors (Lipinski definition) is 2. The third-order valence-corrected chi connectivity index (χ3v) is 6.19. The van der Waals surface area contributed by atoms with Crippen LogP contribution in [0.1, 0.15) is 36.8 Å². The molecule has 2 aliphatic rings. The summed E-state index contributed by atoms with van der Waals surface area (Å²) in [7, 11) is 0. The number of amides is 1. The van der Waals surface area contributed by atoms with Crippen LogP contribution in [0, 0.1) is 23.2 Å². The van der Waals surface area contributed by atoms with E-state index in [4.69, 9.17) is 23.2 Å². The first kappa shape index (κ1) is 19.7. The maximum Gasteiger partial charge on any atom is 0.258 e. The van der Waals surface area contributed by atoms with Crippen LogP contribution in [0.2, 0.25) is 10.0 Å². The van der Waals surface area contributed by atoms with Gasteiger partial charge in [-0.3, -0.25) is 14.6 Å². The molecule has 1 aromatic carbocycles. The number of hydrogen-bond acceptors (Lipinski definition) is 5. The Morgan fingerprint density at radius 2 is 1.97 bits per heavy atom. The lowest BCUT2D eigenvalue weighted by Crippen LogP contribution is -2.40. The molecule has 0 spiro atoms. The molecule has 9 heteroatoms. The minimum Gasteiger partial charge on any atom is -0.342 e. The largest absolute Gasteiger partial charge is 0.342 e. The molecular weight excluding hydrogens is 413 g/mol. The monoisotopic (exact) mass is 431 g/mol. The van der Waals surface area contributed by atoms with Crippen molar-refractivity contribution in [3.05, 3.63) is 49.7 Å². The van der Waals surface area contributed by atoms with Gasteiger partial charge in [0.05, 0.1) is 11.6 Å². The quantitative estimate of drug-likeness (QED) is 0.756. The molecule has 0 bridgehead atoms. The molecule has 2 aliphatic heterocycles. The SMILES string of the molecule is CC1CCN(c2nc3c(c(=O)[nH]2)C(c2ccc(Cl)cc2Cl)C(C#N)C(=O)N3)CC1. The molecule has 1 aromatic heterocycles. The first-order valence-electron chi connectivity index (χ1n) is 9.43. The molecule has 2 atom stereocenters. The van der Waals surface area contributed by atoms with E-state index < -0.39 is 17.7 Å². The number of fused-ring (bicyclic) bond motifs is 1. The third kappa shape index (κ3) is 3.59. The van der Waals surface area contributed by atoms with E-state index in [0.29, 0.717) is 22.5 Å². The number of nitrogens with zero attached hydrogens (tertiary/aromatic N) is 3. The van der Waals surface area contributed by atoms with E-state index >= 15 is 0 Å². The average Bonchev–Trinajstić information content (AvgIpc) is 2.67. The molecule has 3 heterocycles. The van der Waals surface area contributed by atoms with Crippen molar-refractivity contribution in [1.82, 2.24) is 9.97 Å². The van der Waals surface area contributed by atoms with Gasteiger partial charge in [-0.05, 0) is 36.5 Å². The summed E-state index contributed by atoms with van der Waals surface area (Å²) >= 11 is 12.3. The maximum absolute atomic E-state index is 13.1. The molecule has 0 radical (unpaired) electrons. The smallest absolute Gasteiger partial charge is 0.258 e. The van der Waals surface area contributed by atoms with E-state index in [-0.39, 0.29) is 22.0 Å². The molecule has 4 rings (SSSR count). The molecule has 2 N–H and O–H groups in total. The van der Waals surface area contributed by atoms with Crippen LogP contribution < -0.4 is 15.8 Å². The van der Waals surface area contributed by atoms with E-state index in [1.54, 1.807) is 12.1 Å². The van der Waals surface area contributed by atoms with Crippen molar-refractivity contribution >= 4 is 40.9 Å². The Bertz CT molecular complexity index is 1070. The first-order chi connectivity index (χ1) is 13.9. The molecule has 2 aromatic rings. The van der Waals surface area contributed by atoms with Crippen LogP contribution in [0.5, 0.6) is 0 Å². The topological polar surface area (TPSA) is 102 Å². The molecular formula is C20H19Cl2N5O2. The highest BCUT2D eigenvalue weighted by atomic mass is 35.5. The predicted octanol–water partition coefficient (Wildman–Crippen LogP) is 3.54. The van der Waals surface area contributed by atoms with Crippen molar-refractivity contribution in [3.63, 3.8) is 0 Å². The van der Waals surface area contributed by atoms with E-state index in [9.17, 15) is 14.9 Å². The summed E-state index contributed by atoms with van der Waals surface area (Å²) in [5.74, 6) is -1.21. The molecule has 29 heavy (non-hydrogen) atoms. The number of aromatic amines is 1. The first-order valence-corrected chi connectivity index (χ1v) is 10.2. The van der Waals surface area contributed by atoms with Crippen LogP contribution >= 0.6 is 23.2 Å². The van der Waals surface area contributed by atoms with Gasteiger partial charge in [0.25, 0.3) is 5.56 Å². The fraction of sp³-hybridized carbons (Fsp3) is 0.400. The Balaban J connectivity index is 1.83. The number of H-pyrrole nitrogens is 1. The van der Waals surface area contributed by atoms with E-state index in [1.807, 2.05) is 11.0 Å². The second-order valence-electron chi connectivity index (χ2n) is 7.56. The van der Waals surface area contributed by atoms with Gasteiger partial charge in [-0.1, -0.05) is 36.2 Å². The second kappa shape index (κ2) is 7.69. The Hall–Kier alpha value is -2.56. The van der Waals surface area contributed by atoms with Crippen LogP contribution in [-0.2, 0) is 4.79 Å². The second-order valence-corrected chi connectivity index (χ2v) is 8.40. The lowest BCUT2D eigenvalue weighted by molar-refractivity contribution is -0.119. The average molecular weight is 432 g/mol. The summed E-state index contributed by atoms with van der Waals surface area (Å²) in [4.78, 5) is 35.1. The van der Waals surface area contributed by atoms with Crippen LogP contribution in [-0.4, -0.2) is 29.0 Å². The lowest BCUT2D eigenvalue weighted by atomic mass is 9.79. The number of anilines is 2. The summed E-state index contributed by atoms with van der Waals surface area (Å²) in [5, 5.41) is 13.0. The highest BCUT2D eigenvalue weighted by Gasteiger charge is 2.41. The van der Waals surface area contributed by atoms with E-state index in [1.165, 1.54) is 6.07 Å². The minimum absolute atomic E-state index is 0.176. The van der Waals surface area contributed by atoms with Gasteiger partial charge in [-0.2, -0.15) is 10.2 Å². The summed E-state index contributed by atoms with van der Waals surface area (Å²) in [6, 6.07) is 6.79. The minimum atomic E-state index is -1.11. The van der Waals surface area contributed by atoms with Gasteiger partial charge in [0, 0.05) is 29.1 Å². The highest BCUT2D eigenvalue weighted by molar-refractivity contribution is 6.35. The summed E-state index contributed by atoms with van der Waals surface area (Å²) in [5.41, 5.74) is 0.333. The zero-order valence-electron chi connectivity index (χ0n) is 15.7. The number of rotatable bonds is 2. The van der Waals surface area contributed by atoms with Crippen molar-refractivity contribution < 1.29 is 4.79 Å². The maximum atomic E-state index is 13.1. The number of nitriles is 1. The van der Waals surface area contributed by atoms with Crippen molar-refractivity contribution in [1.29, 1.82) is 5.26 Å². The van der Waals surface area contributed by atoms with Gasteiger partial charge in [0.15, 0.2) is 0 Å². The lowest BCUT2D eigenvalue weighted by Gasteiger charge is -2.33. The van der Waals surface area contributed by atoms with Crippen LogP contribution in [0.15, 0.2) is 23.0 Å². The summed E-state index contributed by atoms with van der Waals surface area (Å²) in [6.07, 6.45) is 2.01. The van der Waals surface area contributed by atoms with Gasteiger partial charge in [0.1, 0.15) is 11.7 Å². The molecule has 1 fully saturated rings. The van der Waals surface area contributed by atoms with Gasteiger partial charge < -0.3 is 10.2 Å². The Morgan fingerprint density at radius 3 is 2.62 bits per heavy atom. The van der Waals surface area contributed by atoms with Crippen LogP contribution in [0.25, 0.3) is 0 Å². The van der Waals surface area contributed by atoms with Crippen molar-refractivity contribution in [2.45, 2.75) is 25.7 Å². The number of benzene rings is 1. The van der Waals surface area contributed by atoms with E-state index in [2.05, 4.69) is 22.2 Å². The zero-order chi connectivity index (χ0) is 20.7. The number of halogens is 2. The van der Waals surface area contributed by atoms with Crippen molar-refractivity contribution in [2.75, 3.05) is 23.3 Å². The van der Waals surface area contributed by atoms with Gasteiger partial charge in [-0.15, -0.1) is 0 Å². The molecule has 150 valence electrons. The fourth-order valence-corrected chi connectivity index (χ4v) is 4.48. The fourth-order valence-electron chi connectivity index (χ4n) is 3.96. The Labute approximate surface area is 177 Å². The summed E-state index contributed by atoms with van der Waals surface area (Å²) < 4.78 is 0. The van der Waals surface area contributed by atoms with Gasteiger partial charge in [-0.25, -0.2) is 0 Å². The van der Waals surface area contributed by atoms with Crippen LogP contribution in [0.3, 0.4) is 0 Å².